The summed E-state index contributed by atoms with van der Waals surface area (Å²) in [7, 11) is -1.49. The quantitative estimate of drug-likeness (QED) is 0.647. The van der Waals surface area contributed by atoms with Crippen molar-refractivity contribution < 1.29 is 4.79 Å². The second kappa shape index (κ2) is 5.29. The highest BCUT2D eigenvalue weighted by Crippen LogP contribution is 2.34. The van der Waals surface area contributed by atoms with Gasteiger partial charge in [-0.25, -0.2) is 0 Å². The van der Waals surface area contributed by atoms with Crippen LogP contribution in [0.5, 0.6) is 0 Å². The highest BCUT2D eigenvalue weighted by molar-refractivity contribution is 7.03. The maximum atomic E-state index is 11.8. The average molecular weight is 226 g/mol. The molecular weight excluding hydrogens is 200 g/mol. The van der Waals surface area contributed by atoms with E-state index in [1.807, 2.05) is 0 Å². The van der Waals surface area contributed by atoms with Crippen LogP contribution < -0.4 is 0 Å². The highest BCUT2D eigenvalue weighted by Gasteiger charge is 2.25. The first-order valence-electron chi connectivity index (χ1n) is 6.44. The summed E-state index contributed by atoms with van der Waals surface area (Å²) < 4.78 is 0. The van der Waals surface area contributed by atoms with Crippen LogP contribution in [0.25, 0.3) is 0 Å². The van der Waals surface area contributed by atoms with Crippen molar-refractivity contribution >= 4 is 13.5 Å². The summed E-state index contributed by atoms with van der Waals surface area (Å²) >= 11 is 0. The molecule has 88 valence electrons. The van der Waals surface area contributed by atoms with Crippen LogP contribution in [0.1, 0.15) is 45.4 Å². The number of carbonyl (C=O) groups excluding carboxylic acids is 1. The predicted octanol–water partition coefficient (Wildman–Crippen LogP) is 4.04. The lowest BCUT2D eigenvalue weighted by atomic mass is 9.93. The van der Waals surface area contributed by atoms with Gasteiger partial charge in [-0.2, -0.15) is 0 Å². The number of carbonyl (C=O) groups is 1. The van der Waals surface area contributed by atoms with Crippen molar-refractivity contribution in [2.24, 2.45) is 11.8 Å². The number of hydrogen-bond acceptors (Lipinski definition) is 1. The normalized spacial score (nSPS) is 26.9. The fraction of sp³-hybridized carbons (Fsp3) is 0.923. The monoisotopic (exact) mass is 226 g/mol. The first-order chi connectivity index (χ1) is 6.91. The molecule has 1 saturated carbocycles. The van der Waals surface area contributed by atoms with E-state index in [0.29, 0.717) is 5.41 Å². The van der Waals surface area contributed by atoms with Gasteiger partial charge in [-0.05, 0) is 24.7 Å². The highest BCUT2D eigenvalue weighted by atomic mass is 28.3. The molecule has 1 fully saturated rings. The van der Waals surface area contributed by atoms with Gasteiger partial charge in [-0.3, -0.25) is 0 Å². The fourth-order valence-electron chi connectivity index (χ4n) is 2.55. The van der Waals surface area contributed by atoms with Crippen molar-refractivity contribution in [3.8, 4) is 0 Å². The Labute approximate surface area is 95.7 Å². The van der Waals surface area contributed by atoms with Gasteiger partial charge in [-0.15, -0.1) is 0 Å². The van der Waals surface area contributed by atoms with Gasteiger partial charge >= 0.3 is 0 Å². The molecule has 1 nitrogen and oxygen atoms in total. The Balaban J connectivity index is 2.19. The number of rotatable bonds is 5. The molecule has 0 heterocycles. The SMILES string of the molecule is C[C@H]1CCC[C@H]1CCCC(=O)[Si](C)(C)C. The summed E-state index contributed by atoms with van der Waals surface area (Å²) in [5.74, 6) is 1.83. The fourth-order valence-corrected chi connectivity index (χ4v) is 3.48. The lowest BCUT2D eigenvalue weighted by molar-refractivity contribution is -0.112. The summed E-state index contributed by atoms with van der Waals surface area (Å²) in [5.41, 5.74) is 0. The van der Waals surface area contributed by atoms with E-state index in [1.54, 1.807) is 0 Å². The van der Waals surface area contributed by atoms with Crippen LogP contribution >= 0.6 is 0 Å². The second-order valence-corrected chi connectivity index (χ2v) is 11.3. The average Bonchev–Trinajstić information content (AvgIpc) is 2.50. The molecule has 0 bridgehead atoms. The molecule has 15 heavy (non-hydrogen) atoms. The third kappa shape index (κ3) is 4.10. The van der Waals surface area contributed by atoms with Gasteiger partial charge in [-0.1, -0.05) is 45.8 Å². The standard InChI is InChI=1S/C13H26OSi/c1-11-7-5-8-12(11)9-6-10-13(14)15(2,3)4/h11-12H,5-10H2,1-4H3/t11-,12-/m0/s1. The molecule has 0 saturated heterocycles. The predicted molar refractivity (Wildman–Crippen MR) is 68.7 cm³/mol. The largest absolute Gasteiger partial charge is 0.305 e. The van der Waals surface area contributed by atoms with Crippen LogP contribution in [0.15, 0.2) is 0 Å². The molecule has 0 spiro atoms. The molecule has 0 N–H and O–H groups in total. The van der Waals surface area contributed by atoms with Gasteiger partial charge < -0.3 is 4.79 Å². The van der Waals surface area contributed by atoms with E-state index < -0.39 is 8.07 Å². The van der Waals surface area contributed by atoms with Crippen molar-refractivity contribution in [2.45, 2.75) is 65.1 Å². The molecule has 0 aromatic rings. The molecule has 0 aromatic heterocycles. The summed E-state index contributed by atoms with van der Waals surface area (Å²) in [6.07, 6.45) is 7.50. The maximum absolute atomic E-state index is 11.8. The van der Waals surface area contributed by atoms with Crippen LogP contribution in [0.4, 0.5) is 0 Å². The minimum absolute atomic E-state index is 0.563. The van der Waals surface area contributed by atoms with Crippen molar-refractivity contribution in [2.75, 3.05) is 0 Å². The summed E-state index contributed by atoms with van der Waals surface area (Å²) in [5, 5.41) is 0.563. The molecule has 1 aliphatic carbocycles. The third-order valence-electron chi connectivity index (χ3n) is 3.85. The third-order valence-corrected chi connectivity index (χ3v) is 5.78. The van der Waals surface area contributed by atoms with Crippen LogP contribution in [0, 0.1) is 11.8 Å². The minimum atomic E-state index is -1.49. The second-order valence-electron chi connectivity index (χ2n) is 6.23. The van der Waals surface area contributed by atoms with E-state index in [1.165, 1.54) is 25.7 Å². The van der Waals surface area contributed by atoms with E-state index in [0.717, 1.165) is 24.7 Å². The van der Waals surface area contributed by atoms with E-state index >= 15 is 0 Å². The van der Waals surface area contributed by atoms with Crippen LogP contribution in [0.2, 0.25) is 19.6 Å². The molecule has 0 aliphatic heterocycles. The van der Waals surface area contributed by atoms with Gasteiger partial charge in [0.15, 0.2) is 0 Å². The van der Waals surface area contributed by atoms with E-state index in [4.69, 9.17) is 0 Å². The smallest absolute Gasteiger partial charge is 0.123 e. The zero-order valence-electron chi connectivity index (χ0n) is 10.8. The number of hydrogen-bond donors (Lipinski definition) is 0. The lowest BCUT2D eigenvalue weighted by Gasteiger charge is -2.17. The van der Waals surface area contributed by atoms with Gasteiger partial charge in [0.25, 0.3) is 0 Å². The Morgan fingerprint density at radius 1 is 1.27 bits per heavy atom. The van der Waals surface area contributed by atoms with Gasteiger partial charge in [0, 0.05) is 6.42 Å². The summed E-state index contributed by atoms with van der Waals surface area (Å²) in [6.45, 7) is 8.85. The van der Waals surface area contributed by atoms with Crippen LogP contribution in [-0.4, -0.2) is 13.5 Å². The maximum Gasteiger partial charge on any atom is 0.123 e. The molecule has 0 amide bonds. The lowest BCUT2D eigenvalue weighted by Crippen LogP contribution is -2.33. The van der Waals surface area contributed by atoms with Gasteiger partial charge in [0.05, 0.1) is 0 Å². The Hall–Kier alpha value is -0.113. The van der Waals surface area contributed by atoms with Crippen LogP contribution in [-0.2, 0) is 4.79 Å². The van der Waals surface area contributed by atoms with Crippen molar-refractivity contribution in [3.63, 3.8) is 0 Å². The molecule has 0 unspecified atom stereocenters. The summed E-state index contributed by atoms with van der Waals surface area (Å²) in [6, 6.07) is 0. The first kappa shape index (κ1) is 13.0. The van der Waals surface area contributed by atoms with Gasteiger partial charge in [0.2, 0.25) is 0 Å². The summed E-state index contributed by atoms with van der Waals surface area (Å²) in [4.78, 5) is 11.8. The molecule has 1 aliphatic rings. The Kier molecular flexibility index (Phi) is 4.57. The Morgan fingerprint density at radius 3 is 2.40 bits per heavy atom. The molecule has 2 atom stereocenters. The van der Waals surface area contributed by atoms with Crippen molar-refractivity contribution in [1.82, 2.24) is 0 Å². The molecule has 0 radical (unpaired) electrons. The molecule has 2 heteroatoms. The van der Waals surface area contributed by atoms with Crippen molar-refractivity contribution in [1.29, 1.82) is 0 Å². The van der Waals surface area contributed by atoms with E-state index in [9.17, 15) is 4.79 Å². The molecular formula is C13H26OSi. The Morgan fingerprint density at radius 2 is 1.93 bits per heavy atom. The zero-order valence-corrected chi connectivity index (χ0v) is 11.8. The minimum Gasteiger partial charge on any atom is -0.305 e. The van der Waals surface area contributed by atoms with Gasteiger partial charge in [0.1, 0.15) is 13.5 Å². The zero-order chi connectivity index (χ0) is 11.5. The first-order valence-corrected chi connectivity index (χ1v) is 9.94. The topological polar surface area (TPSA) is 17.1 Å². The van der Waals surface area contributed by atoms with E-state index in [2.05, 4.69) is 26.6 Å². The van der Waals surface area contributed by atoms with E-state index in [-0.39, 0.29) is 0 Å². The van der Waals surface area contributed by atoms with Crippen molar-refractivity contribution in [3.05, 3.63) is 0 Å². The molecule has 0 aromatic carbocycles. The van der Waals surface area contributed by atoms with Crippen LogP contribution in [0.3, 0.4) is 0 Å². The Bertz CT molecular complexity index is 217. The molecule has 1 rings (SSSR count).